The van der Waals surface area contributed by atoms with Crippen molar-refractivity contribution in [1.29, 1.82) is 0 Å². The Balaban J connectivity index is 3.88. The van der Waals surface area contributed by atoms with Crippen LogP contribution in [0.5, 0.6) is 0 Å². The lowest BCUT2D eigenvalue weighted by Crippen LogP contribution is -2.35. The van der Waals surface area contributed by atoms with E-state index in [1.807, 2.05) is 13.8 Å². The third-order valence-electron chi connectivity index (χ3n) is 1.66. The molecule has 0 aliphatic rings. The molecule has 0 heterocycles. The van der Waals surface area contributed by atoms with Gasteiger partial charge in [0.05, 0.1) is 6.61 Å². The van der Waals surface area contributed by atoms with Gasteiger partial charge in [-0.25, -0.2) is 4.79 Å². The van der Waals surface area contributed by atoms with Crippen molar-refractivity contribution in [1.82, 2.24) is 0 Å². The maximum Gasteiger partial charge on any atom is 0.372 e. The number of alkyl halides is 1. The number of hydrogen-bond acceptors (Lipinski definition) is 3. The molecule has 0 bridgehead atoms. The zero-order chi connectivity index (χ0) is 11.2. The SMILES string of the molecule is C=CCC(O)(F)C(=O)OCCC(C)C. The number of carbonyl (C=O) groups is 1. The van der Waals surface area contributed by atoms with E-state index >= 15 is 0 Å². The third-order valence-corrected chi connectivity index (χ3v) is 1.66. The van der Waals surface area contributed by atoms with Crippen LogP contribution in [0.2, 0.25) is 0 Å². The Morgan fingerprint density at radius 1 is 1.71 bits per heavy atom. The lowest BCUT2D eigenvalue weighted by molar-refractivity contribution is -0.186. The topological polar surface area (TPSA) is 46.5 Å². The van der Waals surface area contributed by atoms with Crippen molar-refractivity contribution in [3.63, 3.8) is 0 Å². The lowest BCUT2D eigenvalue weighted by atomic mass is 10.1. The Kier molecular flexibility index (Phi) is 5.38. The van der Waals surface area contributed by atoms with Gasteiger partial charge in [0.1, 0.15) is 0 Å². The summed E-state index contributed by atoms with van der Waals surface area (Å²) in [7, 11) is 0. The van der Waals surface area contributed by atoms with Crippen LogP contribution < -0.4 is 0 Å². The largest absolute Gasteiger partial charge is 0.461 e. The Labute approximate surface area is 83.6 Å². The normalized spacial score (nSPS) is 14.9. The molecule has 0 amide bonds. The van der Waals surface area contributed by atoms with Gasteiger partial charge in [-0.1, -0.05) is 19.9 Å². The van der Waals surface area contributed by atoms with Crippen LogP contribution in [-0.2, 0) is 9.53 Å². The summed E-state index contributed by atoms with van der Waals surface area (Å²) in [6.45, 7) is 7.27. The third kappa shape index (κ3) is 4.97. The molecule has 1 unspecified atom stereocenters. The molecule has 82 valence electrons. The van der Waals surface area contributed by atoms with Crippen molar-refractivity contribution in [3.05, 3.63) is 12.7 Å². The van der Waals surface area contributed by atoms with Gasteiger partial charge in [0.2, 0.25) is 0 Å². The number of aliphatic hydroxyl groups is 1. The first-order valence-corrected chi connectivity index (χ1v) is 4.59. The van der Waals surface area contributed by atoms with Crippen molar-refractivity contribution in [2.45, 2.75) is 32.5 Å². The summed E-state index contributed by atoms with van der Waals surface area (Å²) in [5.74, 6) is -3.80. The van der Waals surface area contributed by atoms with Crippen LogP contribution in [0.15, 0.2) is 12.7 Å². The van der Waals surface area contributed by atoms with E-state index in [4.69, 9.17) is 5.11 Å². The second-order valence-corrected chi connectivity index (χ2v) is 3.57. The summed E-state index contributed by atoms with van der Waals surface area (Å²) in [6.07, 6.45) is 1.33. The summed E-state index contributed by atoms with van der Waals surface area (Å²) in [5.41, 5.74) is 0. The lowest BCUT2D eigenvalue weighted by Gasteiger charge is -2.15. The second kappa shape index (κ2) is 5.75. The fourth-order valence-electron chi connectivity index (χ4n) is 0.773. The van der Waals surface area contributed by atoms with Gasteiger partial charge in [-0.05, 0) is 12.3 Å². The quantitative estimate of drug-likeness (QED) is 0.530. The standard InChI is InChI=1S/C10H17FO3/c1-4-6-10(11,13)9(12)14-7-5-8(2)3/h4,8,13H,1,5-7H2,2-3H3. The fraction of sp³-hybridized carbons (Fsp3) is 0.700. The zero-order valence-corrected chi connectivity index (χ0v) is 8.62. The number of hydrogen-bond donors (Lipinski definition) is 1. The van der Waals surface area contributed by atoms with E-state index < -0.39 is 18.2 Å². The Bertz CT molecular complexity index is 200. The van der Waals surface area contributed by atoms with E-state index in [0.717, 1.165) is 6.08 Å². The molecular formula is C10H17FO3. The molecule has 0 rings (SSSR count). The molecule has 4 heteroatoms. The molecular weight excluding hydrogens is 187 g/mol. The van der Waals surface area contributed by atoms with Crippen molar-refractivity contribution in [2.75, 3.05) is 6.61 Å². The van der Waals surface area contributed by atoms with Crippen molar-refractivity contribution in [2.24, 2.45) is 5.92 Å². The van der Waals surface area contributed by atoms with Crippen LogP contribution in [-0.4, -0.2) is 23.5 Å². The number of halogens is 1. The van der Waals surface area contributed by atoms with Gasteiger partial charge in [0.15, 0.2) is 0 Å². The van der Waals surface area contributed by atoms with Crippen molar-refractivity contribution >= 4 is 5.97 Å². The van der Waals surface area contributed by atoms with Gasteiger partial charge >= 0.3 is 11.8 Å². The molecule has 14 heavy (non-hydrogen) atoms. The Morgan fingerprint density at radius 3 is 2.71 bits per heavy atom. The van der Waals surface area contributed by atoms with Crippen molar-refractivity contribution in [3.8, 4) is 0 Å². The average molecular weight is 204 g/mol. The van der Waals surface area contributed by atoms with E-state index in [9.17, 15) is 9.18 Å². The maximum absolute atomic E-state index is 13.0. The van der Waals surface area contributed by atoms with E-state index in [2.05, 4.69) is 11.3 Å². The molecule has 0 aromatic carbocycles. The maximum atomic E-state index is 13.0. The summed E-state index contributed by atoms with van der Waals surface area (Å²) in [5, 5.41) is 8.94. The zero-order valence-electron chi connectivity index (χ0n) is 8.62. The van der Waals surface area contributed by atoms with Crippen LogP contribution in [0.3, 0.4) is 0 Å². The molecule has 0 saturated carbocycles. The highest BCUT2D eigenvalue weighted by molar-refractivity contribution is 5.77. The summed E-state index contributed by atoms with van der Waals surface area (Å²) in [4.78, 5) is 10.9. The molecule has 0 saturated heterocycles. The van der Waals surface area contributed by atoms with Crippen LogP contribution >= 0.6 is 0 Å². The molecule has 0 aliphatic carbocycles. The van der Waals surface area contributed by atoms with Gasteiger partial charge in [0, 0.05) is 6.42 Å². The van der Waals surface area contributed by atoms with Gasteiger partial charge in [-0.3, -0.25) is 0 Å². The van der Waals surface area contributed by atoms with Gasteiger partial charge in [0.25, 0.3) is 0 Å². The molecule has 0 aromatic rings. The molecule has 0 aromatic heterocycles. The predicted molar refractivity (Wildman–Crippen MR) is 51.3 cm³/mol. The van der Waals surface area contributed by atoms with Crippen molar-refractivity contribution < 1.29 is 19.0 Å². The van der Waals surface area contributed by atoms with E-state index in [0.29, 0.717) is 12.3 Å². The minimum absolute atomic E-state index is 0.125. The minimum Gasteiger partial charge on any atom is -0.461 e. The molecule has 0 spiro atoms. The molecule has 0 aliphatic heterocycles. The van der Waals surface area contributed by atoms with Crippen LogP contribution in [0.25, 0.3) is 0 Å². The number of carbonyl (C=O) groups excluding carboxylic acids is 1. The highest BCUT2D eigenvalue weighted by atomic mass is 19.2. The van der Waals surface area contributed by atoms with Crippen LogP contribution in [0.4, 0.5) is 4.39 Å². The smallest absolute Gasteiger partial charge is 0.372 e. The molecule has 3 nitrogen and oxygen atoms in total. The highest BCUT2D eigenvalue weighted by Gasteiger charge is 2.36. The predicted octanol–water partition coefficient (Wildman–Crippen LogP) is 1.81. The number of rotatable bonds is 6. The number of ether oxygens (including phenoxy) is 1. The molecule has 1 N–H and O–H groups in total. The molecule has 0 radical (unpaired) electrons. The monoisotopic (exact) mass is 204 g/mol. The van der Waals surface area contributed by atoms with Gasteiger partial charge < -0.3 is 9.84 Å². The molecule has 1 atom stereocenters. The van der Waals surface area contributed by atoms with E-state index in [-0.39, 0.29) is 6.61 Å². The summed E-state index contributed by atoms with van der Waals surface area (Å²) >= 11 is 0. The average Bonchev–Trinajstić information content (AvgIpc) is 2.03. The number of esters is 1. The van der Waals surface area contributed by atoms with E-state index in [1.54, 1.807) is 0 Å². The first-order chi connectivity index (χ1) is 6.40. The van der Waals surface area contributed by atoms with Gasteiger partial charge in [-0.15, -0.1) is 6.58 Å². The first kappa shape index (κ1) is 13.1. The second-order valence-electron chi connectivity index (χ2n) is 3.57. The first-order valence-electron chi connectivity index (χ1n) is 4.59. The van der Waals surface area contributed by atoms with E-state index in [1.165, 1.54) is 0 Å². The summed E-state index contributed by atoms with van der Waals surface area (Å²) < 4.78 is 17.6. The van der Waals surface area contributed by atoms with Crippen LogP contribution in [0, 0.1) is 5.92 Å². The Morgan fingerprint density at radius 2 is 2.29 bits per heavy atom. The minimum atomic E-state index is -2.93. The van der Waals surface area contributed by atoms with Gasteiger partial charge in [-0.2, -0.15) is 4.39 Å². The summed E-state index contributed by atoms with van der Waals surface area (Å²) in [6, 6.07) is 0. The molecule has 0 fully saturated rings. The highest BCUT2D eigenvalue weighted by Crippen LogP contribution is 2.15. The fourth-order valence-corrected chi connectivity index (χ4v) is 0.773. The van der Waals surface area contributed by atoms with Crippen LogP contribution in [0.1, 0.15) is 26.7 Å². The Hall–Kier alpha value is -0.900.